The van der Waals surface area contributed by atoms with E-state index < -0.39 is 0 Å². The summed E-state index contributed by atoms with van der Waals surface area (Å²) in [7, 11) is 0. The van der Waals surface area contributed by atoms with Crippen LogP contribution in [0.4, 0.5) is 0 Å². The number of carbonyl (C=O) groups is 1. The van der Waals surface area contributed by atoms with Crippen LogP contribution in [0.25, 0.3) is 0 Å². The maximum atomic E-state index is 12.3. The molecule has 0 spiro atoms. The minimum atomic E-state index is -0.315. The highest BCUT2D eigenvalue weighted by atomic mass is 17.2. The van der Waals surface area contributed by atoms with Gasteiger partial charge in [-0.15, -0.1) is 0 Å². The highest BCUT2D eigenvalue weighted by Crippen LogP contribution is 2.59. The van der Waals surface area contributed by atoms with E-state index in [1.807, 2.05) is 0 Å². The Morgan fingerprint density at radius 2 is 2.06 bits per heavy atom. The summed E-state index contributed by atoms with van der Waals surface area (Å²) in [5.74, 6) is 1.02. The highest BCUT2D eigenvalue weighted by Gasteiger charge is 2.62. The van der Waals surface area contributed by atoms with Crippen molar-refractivity contribution in [3.63, 3.8) is 0 Å². The van der Waals surface area contributed by atoms with Crippen molar-refractivity contribution in [1.82, 2.24) is 0 Å². The highest BCUT2D eigenvalue weighted by molar-refractivity contribution is 5.98. The SMILES string of the molecule is C[C@@H]1CCC=C2C(=O)C[C@H]3OOC(C)(C)[C@@H]3[C@]21C. The molecule has 0 radical (unpaired) electrons. The third kappa shape index (κ3) is 1.41. The summed E-state index contributed by atoms with van der Waals surface area (Å²) in [5, 5.41) is 0. The second-order valence-electron chi connectivity index (χ2n) is 6.81. The van der Waals surface area contributed by atoms with Crippen molar-refractivity contribution in [3.8, 4) is 0 Å². The molecule has 0 bridgehead atoms. The van der Waals surface area contributed by atoms with Gasteiger partial charge in [0.1, 0.15) is 11.7 Å². The number of Topliss-reactive ketones (excluding diaryl/α,β-unsaturated/α-hetero) is 1. The van der Waals surface area contributed by atoms with Gasteiger partial charge in [0.15, 0.2) is 5.78 Å². The van der Waals surface area contributed by atoms with Crippen LogP contribution >= 0.6 is 0 Å². The molecular weight excluding hydrogens is 228 g/mol. The first-order chi connectivity index (χ1) is 8.37. The molecule has 1 saturated carbocycles. The summed E-state index contributed by atoms with van der Waals surface area (Å²) in [6.07, 6.45) is 4.73. The molecule has 100 valence electrons. The minimum Gasteiger partial charge on any atom is -0.294 e. The molecule has 2 aliphatic carbocycles. The Kier molecular flexibility index (Phi) is 2.52. The van der Waals surface area contributed by atoms with Gasteiger partial charge in [0.25, 0.3) is 0 Å². The molecular formula is C15H22O3. The summed E-state index contributed by atoms with van der Waals surface area (Å²) < 4.78 is 0. The van der Waals surface area contributed by atoms with Crippen LogP contribution in [0.2, 0.25) is 0 Å². The van der Waals surface area contributed by atoms with Crippen molar-refractivity contribution in [3.05, 3.63) is 11.6 Å². The molecule has 0 aromatic heterocycles. The molecule has 3 aliphatic rings. The molecule has 0 amide bonds. The fourth-order valence-electron chi connectivity index (χ4n) is 4.44. The topological polar surface area (TPSA) is 35.5 Å². The summed E-state index contributed by atoms with van der Waals surface area (Å²) >= 11 is 0. The summed E-state index contributed by atoms with van der Waals surface area (Å²) in [6.45, 7) is 8.66. The first-order valence-corrected chi connectivity index (χ1v) is 6.95. The molecule has 3 heteroatoms. The Labute approximate surface area is 108 Å². The lowest BCUT2D eigenvalue weighted by atomic mass is 9.51. The van der Waals surface area contributed by atoms with Crippen molar-refractivity contribution in [2.24, 2.45) is 17.3 Å². The van der Waals surface area contributed by atoms with E-state index >= 15 is 0 Å². The molecule has 0 unspecified atom stereocenters. The van der Waals surface area contributed by atoms with E-state index in [0.717, 1.165) is 18.4 Å². The molecule has 0 aromatic carbocycles. The average molecular weight is 250 g/mol. The van der Waals surface area contributed by atoms with E-state index in [1.165, 1.54) is 0 Å². The van der Waals surface area contributed by atoms with Crippen LogP contribution in [0.3, 0.4) is 0 Å². The number of hydrogen-bond donors (Lipinski definition) is 0. The maximum absolute atomic E-state index is 12.3. The molecule has 3 rings (SSSR count). The zero-order valence-corrected chi connectivity index (χ0v) is 11.7. The first-order valence-electron chi connectivity index (χ1n) is 6.95. The van der Waals surface area contributed by atoms with Gasteiger partial charge in [-0.2, -0.15) is 0 Å². The van der Waals surface area contributed by atoms with Crippen LogP contribution in [0.1, 0.15) is 47.0 Å². The van der Waals surface area contributed by atoms with E-state index in [2.05, 4.69) is 33.8 Å². The van der Waals surface area contributed by atoms with E-state index in [0.29, 0.717) is 12.3 Å². The zero-order chi connectivity index (χ0) is 13.1. The van der Waals surface area contributed by atoms with Gasteiger partial charge >= 0.3 is 0 Å². The number of allylic oxidation sites excluding steroid dienone is 2. The van der Waals surface area contributed by atoms with Crippen molar-refractivity contribution >= 4 is 5.78 Å². The Morgan fingerprint density at radius 1 is 1.33 bits per heavy atom. The van der Waals surface area contributed by atoms with E-state index in [9.17, 15) is 4.79 Å². The normalized spacial score (nSPS) is 46.3. The van der Waals surface area contributed by atoms with Crippen molar-refractivity contribution in [2.75, 3.05) is 0 Å². The van der Waals surface area contributed by atoms with E-state index in [4.69, 9.17) is 9.78 Å². The summed E-state index contributed by atoms with van der Waals surface area (Å²) in [4.78, 5) is 23.3. The van der Waals surface area contributed by atoms with Crippen LogP contribution in [0.5, 0.6) is 0 Å². The largest absolute Gasteiger partial charge is 0.294 e. The van der Waals surface area contributed by atoms with Crippen molar-refractivity contribution in [1.29, 1.82) is 0 Å². The maximum Gasteiger partial charge on any atom is 0.161 e. The molecule has 18 heavy (non-hydrogen) atoms. The molecule has 1 saturated heterocycles. The van der Waals surface area contributed by atoms with Crippen LogP contribution in [0, 0.1) is 17.3 Å². The third-order valence-electron chi connectivity index (χ3n) is 5.39. The zero-order valence-electron chi connectivity index (χ0n) is 11.7. The van der Waals surface area contributed by atoms with Gasteiger partial charge in [0.05, 0.1) is 0 Å². The van der Waals surface area contributed by atoms with Gasteiger partial charge < -0.3 is 0 Å². The molecule has 2 fully saturated rings. The van der Waals surface area contributed by atoms with Crippen LogP contribution in [-0.2, 0) is 14.6 Å². The average Bonchev–Trinajstić information content (AvgIpc) is 2.58. The predicted molar refractivity (Wildman–Crippen MR) is 67.7 cm³/mol. The fourth-order valence-corrected chi connectivity index (χ4v) is 4.44. The molecule has 1 heterocycles. The number of hydrogen-bond acceptors (Lipinski definition) is 3. The van der Waals surface area contributed by atoms with Gasteiger partial charge in [-0.3, -0.25) is 4.79 Å². The van der Waals surface area contributed by atoms with Crippen molar-refractivity contribution < 1.29 is 14.6 Å². The fraction of sp³-hybridized carbons (Fsp3) is 0.800. The van der Waals surface area contributed by atoms with Crippen LogP contribution in [-0.4, -0.2) is 17.5 Å². The molecule has 4 atom stereocenters. The number of rotatable bonds is 0. The molecule has 3 nitrogen and oxygen atoms in total. The second kappa shape index (κ2) is 3.67. The molecule has 1 aliphatic heterocycles. The Balaban J connectivity index is 2.13. The Morgan fingerprint density at radius 3 is 2.78 bits per heavy atom. The van der Waals surface area contributed by atoms with E-state index in [1.54, 1.807) is 0 Å². The standard InChI is InChI=1S/C15H22O3/c1-9-6-5-7-10-11(16)8-12-13(15(9,10)4)14(2,3)18-17-12/h7,9,12-13H,5-6,8H2,1-4H3/t9-,12-,13-,15+/m1/s1. The lowest BCUT2D eigenvalue weighted by Gasteiger charge is -2.51. The lowest BCUT2D eigenvalue weighted by molar-refractivity contribution is -0.318. The van der Waals surface area contributed by atoms with Crippen molar-refractivity contribution in [2.45, 2.75) is 58.7 Å². The minimum absolute atomic E-state index is 0.0739. The first kappa shape index (κ1) is 12.4. The van der Waals surface area contributed by atoms with Gasteiger partial charge in [-0.25, -0.2) is 9.78 Å². The van der Waals surface area contributed by atoms with Gasteiger partial charge in [0, 0.05) is 17.8 Å². The monoisotopic (exact) mass is 250 g/mol. The Hall–Kier alpha value is -0.670. The smallest absolute Gasteiger partial charge is 0.161 e. The number of fused-ring (bicyclic) bond motifs is 3. The number of ketones is 1. The molecule has 0 N–H and O–H groups in total. The van der Waals surface area contributed by atoms with Crippen LogP contribution in [0.15, 0.2) is 11.6 Å². The summed E-state index contributed by atoms with van der Waals surface area (Å²) in [6, 6.07) is 0. The number of carbonyl (C=O) groups excluding carboxylic acids is 1. The van der Waals surface area contributed by atoms with Gasteiger partial charge in [0.2, 0.25) is 0 Å². The van der Waals surface area contributed by atoms with E-state index in [-0.39, 0.29) is 28.8 Å². The summed E-state index contributed by atoms with van der Waals surface area (Å²) in [5.41, 5.74) is 0.618. The third-order valence-corrected chi connectivity index (χ3v) is 5.39. The van der Waals surface area contributed by atoms with Gasteiger partial charge in [-0.05, 0) is 38.2 Å². The second-order valence-corrected chi connectivity index (χ2v) is 6.81. The van der Waals surface area contributed by atoms with Crippen LogP contribution < -0.4 is 0 Å². The predicted octanol–water partition coefficient (Wildman–Crippen LogP) is 3.05. The molecule has 0 aromatic rings. The Bertz CT molecular complexity index is 423. The quantitative estimate of drug-likeness (QED) is 0.620. The van der Waals surface area contributed by atoms with Gasteiger partial charge in [-0.1, -0.05) is 19.9 Å². The lowest BCUT2D eigenvalue weighted by Crippen LogP contribution is -2.54.